The largest absolute Gasteiger partial charge is 0.395 e. The maximum Gasteiger partial charge on any atom is 0.0921 e. The SMILES string of the molecule is OC[C@H](Cl)Cc1cnc[nH]1. The van der Waals surface area contributed by atoms with Crippen LogP contribution in [0.3, 0.4) is 0 Å². The Labute approximate surface area is 64.1 Å². The summed E-state index contributed by atoms with van der Waals surface area (Å²) in [5.41, 5.74) is 0.953. The summed E-state index contributed by atoms with van der Waals surface area (Å²) >= 11 is 5.66. The standard InChI is InChI=1S/C6H9ClN2O/c7-5(3-10)1-6-2-8-4-9-6/h2,4-5,10H,1,3H2,(H,8,9)/t5-/m1/s1. The highest BCUT2D eigenvalue weighted by Crippen LogP contribution is 2.02. The first-order valence-corrected chi connectivity index (χ1v) is 3.48. The zero-order valence-corrected chi connectivity index (χ0v) is 6.17. The Hall–Kier alpha value is -0.540. The molecule has 1 aromatic rings. The molecule has 0 aromatic carbocycles. The highest BCUT2D eigenvalue weighted by molar-refractivity contribution is 6.20. The average Bonchev–Trinajstić information content (AvgIpc) is 2.40. The third kappa shape index (κ3) is 2.01. The topological polar surface area (TPSA) is 48.9 Å². The van der Waals surface area contributed by atoms with E-state index in [4.69, 9.17) is 16.7 Å². The van der Waals surface area contributed by atoms with Crippen molar-refractivity contribution in [1.29, 1.82) is 0 Å². The van der Waals surface area contributed by atoms with Crippen molar-refractivity contribution in [3.63, 3.8) is 0 Å². The van der Waals surface area contributed by atoms with Gasteiger partial charge in [-0.2, -0.15) is 0 Å². The fourth-order valence-corrected chi connectivity index (χ4v) is 0.866. The van der Waals surface area contributed by atoms with Crippen LogP contribution < -0.4 is 0 Å². The molecule has 4 heteroatoms. The molecule has 0 aliphatic heterocycles. The number of aromatic amines is 1. The third-order valence-electron chi connectivity index (χ3n) is 1.19. The number of alkyl halides is 1. The van der Waals surface area contributed by atoms with Crippen molar-refractivity contribution >= 4 is 11.6 Å². The molecule has 0 radical (unpaired) electrons. The predicted molar refractivity (Wildman–Crippen MR) is 39.0 cm³/mol. The highest BCUT2D eigenvalue weighted by atomic mass is 35.5. The molecule has 0 aliphatic rings. The van der Waals surface area contributed by atoms with Crippen LogP contribution in [0.1, 0.15) is 5.69 Å². The Morgan fingerprint density at radius 1 is 1.80 bits per heavy atom. The molecule has 1 aromatic heterocycles. The first kappa shape index (κ1) is 7.57. The van der Waals surface area contributed by atoms with Gasteiger partial charge in [0.15, 0.2) is 0 Å². The van der Waals surface area contributed by atoms with Gasteiger partial charge in [-0.25, -0.2) is 4.98 Å². The van der Waals surface area contributed by atoms with Gasteiger partial charge < -0.3 is 10.1 Å². The summed E-state index contributed by atoms with van der Waals surface area (Å²) in [4.78, 5) is 6.71. The van der Waals surface area contributed by atoms with Crippen LogP contribution in [-0.2, 0) is 6.42 Å². The number of nitrogens with zero attached hydrogens (tertiary/aromatic N) is 1. The molecule has 56 valence electrons. The second-order valence-corrected chi connectivity index (χ2v) is 2.68. The maximum atomic E-state index is 8.57. The molecule has 0 saturated heterocycles. The summed E-state index contributed by atoms with van der Waals surface area (Å²) in [6.45, 7) is 0.000571. The lowest BCUT2D eigenvalue weighted by Crippen LogP contribution is -2.08. The number of aromatic nitrogens is 2. The van der Waals surface area contributed by atoms with Gasteiger partial charge in [0.25, 0.3) is 0 Å². The van der Waals surface area contributed by atoms with E-state index in [0.717, 1.165) is 5.69 Å². The van der Waals surface area contributed by atoms with Gasteiger partial charge in [0.1, 0.15) is 0 Å². The molecule has 2 N–H and O–H groups in total. The first-order chi connectivity index (χ1) is 4.83. The number of aliphatic hydroxyl groups excluding tert-OH is 1. The molecule has 0 saturated carbocycles. The van der Waals surface area contributed by atoms with Gasteiger partial charge in [0.05, 0.1) is 18.3 Å². The smallest absolute Gasteiger partial charge is 0.0921 e. The molecular formula is C6H9ClN2O. The third-order valence-corrected chi connectivity index (χ3v) is 1.49. The lowest BCUT2D eigenvalue weighted by molar-refractivity contribution is 0.291. The van der Waals surface area contributed by atoms with Gasteiger partial charge in [-0.05, 0) is 0 Å². The van der Waals surface area contributed by atoms with Crippen LogP contribution in [0.4, 0.5) is 0 Å². The number of imidazole rings is 1. The number of hydrogen-bond donors (Lipinski definition) is 2. The van der Waals surface area contributed by atoms with Crippen LogP contribution in [-0.4, -0.2) is 27.1 Å². The summed E-state index contributed by atoms with van der Waals surface area (Å²) in [6.07, 6.45) is 3.93. The normalized spacial score (nSPS) is 13.4. The van der Waals surface area contributed by atoms with E-state index < -0.39 is 0 Å². The molecular weight excluding hydrogens is 152 g/mol. The molecule has 1 heterocycles. The van der Waals surface area contributed by atoms with Crippen LogP contribution in [0.15, 0.2) is 12.5 Å². The van der Waals surface area contributed by atoms with E-state index in [1.165, 1.54) is 0 Å². The van der Waals surface area contributed by atoms with E-state index in [0.29, 0.717) is 6.42 Å². The minimum atomic E-state index is -0.208. The van der Waals surface area contributed by atoms with Gasteiger partial charge in [-0.15, -0.1) is 11.6 Å². The number of aliphatic hydroxyl groups is 1. The van der Waals surface area contributed by atoms with E-state index in [-0.39, 0.29) is 12.0 Å². The summed E-state index contributed by atoms with van der Waals surface area (Å²) < 4.78 is 0. The number of rotatable bonds is 3. The Kier molecular flexibility index (Phi) is 2.71. The minimum Gasteiger partial charge on any atom is -0.395 e. The van der Waals surface area contributed by atoms with Crippen LogP contribution >= 0.6 is 11.6 Å². The van der Waals surface area contributed by atoms with Crippen molar-refractivity contribution in [1.82, 2.24) is 9.97 Å². The second-order valence-electron chi connectivity index (χ2n) is 2.06. The second kappa shape index (κ2) is 3.58. The fraction of sp³-hybridized carbons (Fsp3) is 0.500. The fourth-order valence-electron chi connectivity index (χ4n) is 0.699. The number of H-pyrrole nitrogens is 1. The summed E-state index contributed by atoms with van der Waals surface area (Å²) in [6, 6.07) is 0. The van der Waals surface area contributed by atoms with Gasteiger partial charge in [0.2, 0.25) is 0 Å². The zero-order valence-electron chi connectivity index (χ0n) is 5.42. The quantitative estimate of drug-likeness (QED) is 0.635. The van der Waals surface area contributed by atoms with E-state index in [9.17, 15) is 0 Å². The van der Waals surface area contributed by atoms with Crippen molar-refractivity contribution < 1.29 is 5.11 Å². The van der Waals surface area contributed by atoms with Gasteiger partial charge >= 0.3 is 0 Å². The Balaban J connectivity index is 2.40. The molecule has 3 nitrogen and oxygen atoms in total. The Bertz CT molecular complexity index is 176. The summed E-state index contributed by atoms with van der Waals surface area (Å²) in [5.74, 6) is 0. The van der Waals surface area contributed by atoms with E-state index in [1.807, 2.05) is 0 Å². The van der Waals surface area contributed by atoms with Crippen LogP contribution in [0, 0.1) is 0 Å². The molecule has 1 rings (SSSR count). The van der Waals surface area contributed by atoms with Gasteiger partial charge in [0, 0.05) is 18.3 Å². The van der Waals surface area contributed by atoms with E-state index in [2.05, 4.69) is 9.97 Å². The van der Waals surface area contributed by atoms with Crippen molar-refractivity contribution in [2.24, 2.45) is 0 Å². The zero-order chi connectivity index (χ0) is 7.40. The summed E-state index contributed by atoms with van der Waals surface area (Å²) in [5, 5.41) is 8.36. The average molecular weight is 161 g/mol. The Morgan fingerprint density at radius 2 is 2.60 bits per heavy atom. The molecule has 0 unspecified atom stereocenters. The summed E-state index contributed by atoms with van der Waals surface area (Å²) in [7, 11) is 0. The predicted octanol–water partition coefficient (Wildman–Crippen LogP) is 0.552. The van der Waals surface area contributed by atoms with E-state index >= 15 is 0 Å². The molecule has 0 fully saturated rings. The van der Waals surface area contributed by atoms with Crippen molar-refractivity contribution in [2.45, 2.75) is 11.8 Å². The molecule has 0 bridgehead atoms. The number of nitrogens with one attached hydrogen (secondary N) is 1. The van der Waals surface area contributed by atoms with Crippen molar-refractivity contribution in [3.8, 4) is 0 Å². The van der Waals surface area contributed by atoms with Crippen molar-refractivity contribution in [2.75, 3.05) is 6.61 Å². The first-order valence-electron chi connectivity index (χ1n) is 3.05. The lowest BCUT2D eigenvalue weighted by Gasteiger charge is -2.00. The van der Waals surface area contributed by atoms with Crippen LogP contribution in [0.5, 0.6) is 0 Å². The monoisotopic (exact) mass is 160 g/mol. The van der Waals surface area contributed by atoms with Gasteiger partial charge in [-0.3, -0.25) is 0 Å². The molecule has 0 aliphatic carbocycles. The molecule has 0 amide bonds. The highest BCUT2D eigenvalue weighted by Gasteiger charge is 2.03. The van der Waals surface area contributed by atoms with Crippen LogP contribution in [0.25, 0.3) is 0 Å². The molecule has 0 spiro atoms. The van der Waals surface area contributed by atoms with Crippen molar-refractivity contribution in [3.05, 3.63) is 18.2 Å². The molecule has 1 atom stereocenters. The number of hydrogen-bond acceptors (Lipinski definition) is 2. The maximum absolute atomic E-state index is 8.57. The van der Waals surface area contributed by atoms with Crippen LogP contribution in [0.2, 0.25) is 0 Å². The molecule has 10 heavy (non-hydrogen) atoms. The number of halogens is 1. The Morgan fingerprint density at radius 3 is 3.10 bits per heavy atom. The lowest BCUT2D eigenvalue weighted by atomic mass is 10.2. The van der Waals surface area contributed by atoms with Gasteiger partial charge in [-0.1, -0.05) is 0 Å². The van der Waals surface area contributed by atoms with E-state index in [1.54, 1.807) is 12.5 Å². The minimum absolute atomic E-state index is 0.000571.